The molecule has 0 heterocycles. The molecule has 0 fully saturated rings. The number of aliphatic carboxylic acids is 1. The van der Waals surface area contributed by atoms with Gasteiger partial charge in [-0.15, -0.1) is 6.58 Å². The fraction of sp³-hybridized carbons (Fsp3) is 0.375. The number of amides is 3. The van der Waals surface area contributed by atoms with Crippen molar-refractivity contribution in [1.82, 2.24) is 10.6 Å². The molecule has 7 heteroatoms. The Bertz CT molecular complexity index is 264. The third kappa shape index (κ3) is 8.44. The lowest BCUT2D eigenvalue weighted by Crippen LogP contribution is -2.41. The number of nitrogens with one attached hydrogen (secondary N) is 2. The van der Waals surface area contributed by atoms with Gasteiger partial charge in [0.15, 0.2) is 0 Å². The molecule has 0 aromatic heterocycles. The molecule has 0 bridgehead atoms. The van der Waals surface area contributed by atoms with Gasteiger partial charge in [-0.05, 0) is 0 Å². The minimum Gasteiger partial charge on any atom is -0.480 e. The maximum absolute atomic E-state index is 10.9. The van der Waals surface area contributed by atoms with Gasteiger partial charge in [-0.3, -0.25) is 10.1 Å². The predicted molar refractivity (Wildman–Crippen MR) is 50.2 cm³/mol. The first-order valence-corrected chi connectivity index (χ1v) is 4.04. The van der Waals surface area contributed by atoms with Gasteiger partial charge in [0.2, 0.25) is 0 Å². The topological polar surface area (TPSA) is 105 Å². The normalized spacial score (nSPS) is 9.07. The third-order valence-electron chi connectivity index (χ3n) is 1.12. The highest BCUT2D eigenvalue weighted by atomic mass is 16.5. The highest BCUT2D eigenvalue weighted by Gasteiger charge is 2.07. The van der Waals surface area contributed by atoms with Crippen LogP contribution in [0.25, 0.3) is 0 Å². The molecule has 0 unspecified atom stereocenters. The Labute approximate surface area is 86.1 Å². The van der Waals surface area contributed by atoms with E-state index in [1.54, 1.807) is 0 Å². The molecule has 0 rings (SSSR count). The van der Waals surface area contributed by atoms with Crippen molar-refractivity contribution in [3.05, 3.63) is 12.7 Å². The molecule has 7 nitrogen and oxygen atoms in total. The predicted octanol–water partition coefficient (Wildman–Crippen LogP) is -0.901. The molecule has 0 aromatic rings. The van der Waals surface area contributed by atoms with E-state index >= 15 is 0 Å². The van der Waals surface area contributed by atoms with E-state index in [9.17, 15) is 14.4 Å². The second kappa shape index (κ2) is 7.51. The Balaban J connectivity index is 3.59. The van der Waals surface area contributed by atoms with Gasteiger partial charge in [-0.25, -0.2) is 9.59 Å². The first-order valence-electron chi connectivity index (χ1n) is 4.04. The molecule has 0 spiro atoms. The quantitative estimate of drug-likeness (QED) is 0.499. The van der Waals surface area contributed by atoms with E-state index in [1.165, 1.54) is 6.08 Å². The molecule has 0 radical (unpaired) electrons. The third-order valence-corrected chi connectivity index (χ3v) is 1.12. The van der Waals surface area contributed by atoms with E-state index in [-0.39, 0.29) is 6.54 Å². The summed E-state index contributed by atoms with van der Waals surface area (Å²) in [4.78, 5) is 31.7. The monoisotopic (exact) mass is 216 g/mol. The molecular weight excluding hydrogens is 204 g/mol. The molecule has 0 saturated carbocycles. The van der Waals surface area contributed by atoms with Crippen LogP contribution in [0.5, 0.6) is 0 Å². The molecule has 0 aromatic carbocycles. The summed E-state index contributed by atoms with van der Waals surface area (Å²) in [6.45, 7) is 2.53. The lowest BCUT2D eigenvalue weighted by atomic mass is 10.6. The van der Waals surface area contributed by atoms with Gasteiger partial charge < -0.3 is 15.2 Å². The van der Waals surface area contributed by atoms with Crippen LogP contribution in [-0.4, -0.2) is 42.8 Å². The molecular formula is C8H12N2O5. The van der Waals surface area contributed by atoms with Crippen molar-refractivity contribution >= 4 is 17.9 Å². The molecule has 84 valence electrons. The maximum Gasteiger partial charge on any atom is 0.329 e. The van der Waals surface area contributed by atoms with Gasteiger partial charge in [0.25, 0.3) is 5.91 Å². The average molecular weight is 216 g/mol. The summed E-state index contributed by atoms with van der Waals surface area (Å²) in [5.41, 5.74) is 0. The van der Waals surface area contributed by atoms with Crippen molar-refractivity contribution in [2.45, 2.75) is 0 Å². The number of hydrogen-bond donors (Lipinski definition) is 3. The number of carbonyl (C=O) groups excluding carboxylic acids is 2. The fourth-order valence-electron chi connectivity index (χ4n) is 0.603. The number of imide groups is 1. The minimum absolute atomic E-state index is 0.231. The number of carboxylic acid groups (broad SMARTS) is 1. The van der Waals surface area contributed by atoms with E-state index < -0.39 is 31.1 Å². The second-order valence-corrected chi connectivity index (χ2v) is 2.43. The summed E-state index contributed by atoms with van der Waals surface area (Å²) in [5, 5.41) is 12.4. The van der Waals surface area contributed by atoms with Gasteiger partial charge in [0, 0.05) is 6.54 Å². The maximum atomic E-state index is 10.9. The molecule has 0 aliphatic carbocycles. The number of urea groups is 1. The summed E-state index contributed by atoms with van der Waals surface area (Å²) in [7, 11) is 0. The zero-order valence-corrected chi connectivity index (χ0v) is 7.99. The van der Waals surface area contributed by atoms with Crippen LogP contribution >= 0.6 is 0 Å². The summed E-state index contributed by atoms with van der Waals surface area (Å²) in [5.74, 6) is -1.89. The van der Waals surface area contributed by atoms with E-state index in [2.05, 4.69) is 16.6 Å². The molecule has 3 N–H and O–H groups in total. The number of carboxylic acids is 1. The van der Waals surface area contributed by atoms with E-state index in [4.69, 9.17) is 5.11 Å². The largest absolute Gasteiger partial charge is 0.480 e. The van der Waals surface area contributed by atoms with Crippen LogP contribution in [0.15, 0.2) is 12.7 Å². The van der Waals surface area contributed by atoms with Crippen molar-refractivity contribution in [3.63, 3.8) is 0 Å². The SMILES string of the molecule is C=CCNC(=O)NC(=O)COCC(=O)O. The van der Waals surface area contributed by atoms with Crippen molar-refractivity contribution in [2.24, 2.45) is 0 Å². The highest BCUT2D eigenvalue weighted by molar-refractivity contribution is 5.94. The van der Waals surface area contributed by atoms with Crippen LogP contribution in [0, 0.1) is 0 Å². The Hall–Kier alpha value is -1.89. The molecule has 0 atom stereocenters. The Morgan fingerprint density at radius 1 is 1.33 bits per heavy atom. The first kappa shape index (κ1) is 13.1. The lowest BCUT2D eigenvalue weighted by molar-refractivity contribution is -0.143. The number of carbonyl (C=O) groups is 3. The Morgan fingerprint density at radius 3 is 2.53 bits per heavy atom. The number of ether oxygens (including phenoxy) is 1. The van der Waals surface area contributed by atoms with Crippen LogP contribution in [0.3, 0.4) is 0 Å². The molecule has 0 aliphatic rings. The van der Waals surface area contributed by atoms with Gasteiger partial charge in [0.1, 0.15) is 13.2 Å². The highest BCUT2D eigenvalue weighted by Crippen LogP contribution is 1.76. The van der Waals surface area contributed by atoms with Crippen LogP contribution < -0.4 is 10.6 Å². The zero-order chi connectivity index (χ0) is 11.7. The summed E-state index contributed by atoms with van der Waals surface area (Å²) in [6, 6.07) is -0.682. The van der Waals surface area contributed by atoms with Crippen LogP contribution in [0.1, 0.15) is 0 Å². The minimum atomic E-state index is -1.18. The van der Waals surface area contributed by atoms with Gasteiger partial charge in [-0.1, -0.05) is 6.08 Å². The molecule has 3 amide bonds. The van der Waals surface area contributed by atoms with Crippen LogP contribution in [0.4, 0.5) is 4.79 Å². The zero-order valence-electron chi connectivity index (χ0n) is 7.99. The standard InChI is InChI=1S/C8H12N2O5/c1-2-3-9-8(14)10-6(11)4-15-5-7(12)13/h2H,1,3-5H2,(H,12,13)(H2,9,10,11,14). The van der Waals surface area contributed by atoms with E-state index in [0.29, 0.717) is 0 Å². The first-order chi connectivity index (χ1) is 7.06. The summed E-state index contributed by atoms with van der Waals surface area (Å²) < 4.78 is 4.45. The van der Waals surface area contributed by atoms with Gasteiger partial charge >= 0.3 is 12.0 Å². The second-order valence-electron chi connectivity index (χ2n) is 2.43. The molecule has 0 aliphatic heterocycles. The summed E-state index contributed by atoms with van der Waals surface area (Å²) in [6.07, 6.45) is 1.45. The van der Waals surface area contributed by atoms with Crippen LogP contribution in [0.2, 0.25) is 0 Å². The number of rotatable bonds is 6. The van der Waals surface area contributed by atoms with E-state index in [0.717, 1.165) is 0 Å². The van der Waals surface area contributed by atoms with Gasteiger partial charge in [0.05, 0.1) is 0 Å². The van der Waals surface area contributed by atoms with Crippen molar-refractivity contribution in [2.75, 3.05) is 19.8 Å². The van der Waals surface area contributed by atoms with Crippen molar-refractivity contribution < 1.29 is 24.2 Å². The Kier molecular flexibility index (Phi) is 6.56. The average Bonchev–Trinajstić information content (AvgIpc) is 2.14. The fourth-order valence-corrected chi connectivity index (χ4v) is 0.603. The Morgan fingerprint density at radius 2 is 2.00 bits per heavy atom. The van der Waals surface area contributed by atoms with Crippen molar-refractivity contribution in [3.8, 4) is 0 Å². The summed E-state index contributed by atoms with van der Waals surface area (Å²) >= 11 is 0. The smallest absolute Gasteiger partial charge is 0.329 e. The number of hydrogen-bond acceptors (Lipinski definition) is 4. The van der Waals surface area contributed by atoms with Crippen molar-refractivity contribution in [1.29, 1.82) is 0 Å². The van der Waals surface area contributed by atoms with Gasteiger partial charge in [-0.2, -0.15) is 0 Å². The van der Waals surface area contributed by atoms with Crippen LogP contribution in [-0.2, 0) is 14.3 Å². The van der Waals surface area contributed by atoms with E-state index in [1.807, 2.05) is 5.32 Å². The molecule has 0 saturated heterocycles. The molecule has 15 heavy (non-hydrogen) atoms. The lowest BCUT2D eigenvalue weighted by Gasteiger charge is -2.04.